The summed E-state index contributed by atoms with van der Waals surface area (Å²) in [6.45, 7) is 3.46. The molecule has 1 aliphatic rings. The molecule has 2 atom stereocenters. The number of likely N-dealkylation sites (tertiary alicyclic amines) is 1. The zero-order valence-corrected chi connectivity index (χ0v) is 14.1. The minimum absolute atomic E-state index is 0.119. The number of methoxy groups -OCH3 is 1. The fourth-order valence-electron chi connectivity index (χ4n) is 3.62. The van der Waals surface area contributed by atoms with Crippen LogP contribution in [0.1, 0.15) is 18.1 Å². The Labute approximate surface area is 142 Å². The SMILES string of the molecule is COc1ccc(CN2C[C@@H](C)[C@@]2(Cc2ccccc2)C(=O)O)cc1. The first-order chi connectivity index (χ1) is 11.6. The zero-order chi connectivity index (χ0) is 17.2. The molecular formula is C20H23NO3. The molecule has 1 saturated heterocycles. The van der Waals surface area contributed by atoms with Gasteiger partial charge in [0.15, 0.2) is 0 Å². The van der Waals surface area contributed by atoms with E-state index in [2.05, 4.69) is 4.90 Å². The van der Waals surface area contributed by atoms with Gasteiger partial charge in [-0.05, 0) is 29.2 Å². The third-order valence-corrected chi connectivity index (χ3v) is 5.09. The van der Waals surface area contributed by atoms with Crippen LogP contribution >= 0.6 is 0 Å². The largest absolute Gasteiger partial charge is 0.497 e. The van der Waals surface area contributed by atoms with Gasteiger partial charge in [0.25, 0.3) is 0 Å². The number of carboxylic acids is 1. The van der Waals surface area contributed by atoms with Gasteiger partial charge in [0.1, 0.15) is 11.3 Å². The summed E-state index contributed by atoms with van der Waals surface area (Å²) in [5.41, 5.74) is 1.33. The number of aliphatic carboxylic acids is 1. The fraction of sp³-hybridized carbons (Fsp3) is 0.350. The predicted octanol–water partition coefficient (Wildman–Crippen LogP) is 3.21. The van der Waals surface area contributed by atoms with Gasteiger partial charge in [-0.15, -0.1) is 0 Å². The summed E-state index contributed by atoms with van der Waals surface area (Å²) in [6.07, 6.45) is 0.528. The molecule has 0 aliphatic carbocycles. The van der Waals surface area contributed by atoms with Crippen molar-refractivity contribution in [3.63, 3.8) is 0 Å². The van der Waals surface area contributed by atoms with Crippen LogP contribution in [0.3, 0.4) is 0 Å². The molecule has 0 radical (unpaired) electrons. The van der Waals surface area contributed by atoms with Crippen LogP contribution in [0, 0.1) is 5.92 Å². The van der Waals surface area contributed by atoms with Gasteiger partial charge in [0, 0.05) is 19.5 Å². The van der Waals surface area contributed by atoms with Crippen molar-refractivity contribution in [2.24, 2.45) is 5.92 Å². The molecule has 0 spiro atoms. The zero-order valence-electron chi connectivity index (χ0n) is 14.1. The minimum atomic E-state index is -0.832. The summed E-state index contributed by atoms with van der Waals surface area (Å²) in [7, 11) is 1.64. The Morgan fingerprint density at radius 2 is 1.83 bits per heavy atom. The number of hydrogen-bond acceptors (Lipinski definition) is 3. The van der Waals surface area contributed by atoms with Crippen LogP contribution in [0.15, 0.2) is 54.6 Å². The number of carboxylic acid groups (broad SMARTS) is 1. The molecule has 4 heteroatoms. The number of benzene rings is 2. The van der Waals surface area contributed by atoms with Gasteiger partial charge in [-0.2, -0.15) is 0 Å². The van der Waals surface area contributed by atoms with Gasteiger partial charge in [0.05, 0.1) is 7.11 Å². The van der Waals surface area contributed by atoms with Gasteiger partial charge >= 0.3 is 5.97 Å². The first-order valence-electron chi connectivity index (χ1n) is 8.21. The molecule has 1 fully saturated rings. The number of nitrogens with zero attached hydrogens (tertiary/aromatic N) is 1. The van der Waals surface area contributed by atoms with Crippen molar-refractivity contribution in [3.05, 3.63) is 65.7 Å². The van der Waals surface area contributed by atoms with Crippen molar-refractivity contribution < 1.29 is 14.6 Å². The van der Waals surface area contributed by atoms with E-state index < -0.39 is 11.5 Å². The molecule has 2 aromatic rings. The molecule has 0 saturated carbocycles. The van der Waals surface area contributed by atoms with Crippen LogP contribution in [0.2, 0.25) is 0 Å². The van der Waals surface area contributed by atoms with E-state index in [0.29, 0.717) is 13.0 Å². The van der Waals surface area contributed by atoms with E-state index in [-0.39, 0.29) is 5.92 Å². The molecule has 1 aliphatic heterocycles. The van der Waals surface area contributed by atoms with Crippen LogP contribution in [0.5, 0.6) is 5.75 Å². The molecule has 1 heterocycles. The smallest absolute Gasteiger partial charge is 0.324 e. The molecule has 3 rings (SSSR count). The maximum absolute atomic E-state index is 12.2. The van der Waals surface area contributed by atoms with Crippen LogP contribution in [-0.2, 0) is 17.8 Å². The highest BCUT2D eigenvalue weighted by molar-refractivity contribution is 5.81. The lowest BCUT2D eigenvalue weighted by Gasteiger charge is -2.55. The van der Waals surface area contributed by atoms with Crippen molar-refractivity contribution in [2.75, 3.05) is 13.7 Å². The van der Waals surface area contributed by atoms with E-state index in [4.69, 9.17) is 4.74 Å². The minimum Gasteiger partial charge on any atom is -0.497 e. The van der Waals surface area contributed by atoms with E-state index in [1.165, 1.54) is 0 Å². The van der Waals surface area contributed by atoms with Gasteiger partial charge in [-0.3, -0.25) is 9.69 Å². The summed E-state index contributed by atoms with van der Waals surface area (Å²) in [6, 6.07) is 17.7. The first kappa shape index (κ1) is 16.5. The van der Waals surface area contributed by atoms with Gasteiger partial charge < -0.3 is 9.84 Å². The van der Waals surface area contributed by atoms with Crippen molar-refractivity contribution in [1.29, 1.82) is 0 Å². The van der Waals surface area contributed by atoms with Crippen molar-refractivity contribution in [3.8, 4) is 5.75 Å². The van der Waals surface area contributed by atoms with Gasteiger partial charge in [-0.25, -0.2) is 0 Å². The van der Waals surface area contributed by atoms with Gasteiger partial charge in [0.2, 0.25) is 0 Å². The summed E-state index contributed by atoms with van der Waals surface area (Å²) in [4.78, 5) is 14.2. The monoisotopic (exact) mass is 325 g/mol. The normalized spacial score (nSPS) is 23.5. The van der Waals surface area contributed by atoms with Crippen molar-refractivity contribution >= 4 is 5.97 Å². The van der Waals surface area contributed by atoms with Gasteiger partial charge in [-0.1, -0.05) is 49.4 Å². The van der Waals surface area contributed by atoms with E-state index in [1.807, 2.05) is 61.5 Å². The molecule has 4 nitrogen and oxygen atoms in total. The highest BCUT2D eigenvalue weighted by atomic mass is 16.5. The van der Waals surface area contributed by atoms with E-state index in [1.54, 1.807) is 7.11 Å². The lowest BCUT2D eigenvalue weighted by Crippen LogP contribution is -2.71. The van der Waals surface area contributed by atoms with E-state index >= 15 is 0 Å². The molecule has 0 unspecified atom stereocenters. The number of ether oxygens (including phenoxy) is 1. The Bertz CT molecular complexity index is 699. The predicted molar refractivity (Wildman–Crippen MR) is 93.1 cm³/mol. The highest BCUT2D eigenvalue weighted by Gasteiger charge is 2.56. The summed E-state index contributed by atoms with van der Waals surface area (Å²) < 4.78 is 5.18. The highest BCUT2D eigenvalue weighted by Crippen LogP contribution is 2.40. The Hall–Kier alpha value is -2.33. The van der Waals surface area contributed by atoms with Crippen LogP contribution in [0.4, 0.5) is 0 Å². The lowest BCUT2D eigenvalue weighted by atomic mass is 9.70. The molecule has 0 bridgehead atoms. The van der Waals surface area contributed by atoms with E-state index in [0.717, 1.165) is 23.4 Å². The van der Waals surface area contributed by atoms with Crippen molar-refractivity contribution in [1.82, 2.24) is 4.90 Å². The number of carbonyl (C=O) groups is 1. The Balaban J connectivity index is 1.82. The molecule has 2 aromatic carbocycles. The molecule has 1 N–H and O–H groups in total. The summed E-state index contributed by atoms with van der Waals surface area (Å²) >= 11 is 0. The topological polar surface area (TPSA) is 49.8 Å². The Morgan fingerprint density at radius 3 is 2.38 bits per heavy atom. The molecule has 24 heavy (non-hydrogen) atoms. The second kappa shape index (κ2) is 6.65. The lowest BCUT2D eigenvalue weighted by molar-refractivity contribution is -0.172. The summed E-state index contributed by atoms with van der Waals surface area (Å²) in [5, 5.41) is 9.98. The third-order valence-electron chi connectivity index (χ3n) is 5.09. The van der Waals surface area contributed by atoms with E-state index in [9.17, 15) is 9.90 Å². The van der Waals surface area contributed by atoms with Crippen molar-refractivity contribution in [2.45, 2.75) is 25.4 Å². The maximum Gasteiger partial charge on any atom is 0.324 e. The second-order valence-electron chi connectivity index (χ2n) is 6.52. The number of hydrogen-bond donors (Lipinski definition) is 1. The molecule has 126 valence electrons. The van der Waals surface area contributed by atoms with Crippen LogP contribution in [-0.4, -0.2) is 35.2 Å². The number of rotatable bonds is 6. The second-order valence-corrected chi connectivity index (χ2v) is 6.52. The quantitative estimate of drug-likeness (QED) is 0.886. The standard InChI is InChI=1S/C20H23NO3/c1-15-13-21(14-17-8-10-18(24-2)11-9-17)20(15,19(22)23)12-16-6-4-3-5-7-16/h3-11,15H,12-14H2,1-2H3,(H,22,23)/t15-,20+/m1/s1. The Kier molecular flexibility index (Phi) is 4.58. The average molecular weight is 325 g/mol. The van der Waals surface area contributed by atoms with Crippen LogP contribution < -0.4 is 4.74 Å². The Morgan fingerprint density at radius 1 is 1.17 bits per heavy atom. The first-order valence-corrected chi connectivity index (χ1v) is 8.21. The fourth-order valence-corrected chi connectivity index (χ4v) is 3.62. The third kappa shape index (κ3) is 2.89. The molecule has 0 amide bonds. The summed E-state index contributed by atoms with van der Waals surface area (Å²) in [5.74, 6) is 0.191. The molecular weight excluding hydrogens is 302 g/mol. The molecule has 0 aromatic heterocycles. The van der Waals surface area contributed by atoms with Crippen LogP contribution in [0.25, 0.3) is 0 Å². The maximum atomic E-state index is 12.2. The average Bonchev–Trinajstić information content (AvgIpc) is 2.60.